The molecule has 3 aliphatic carbocycles. The lowest BCUT2D eigenvalue weighted by molar-refractivity contribution is 0.301. The van der Waals surface area contributed by atoms with E-state index in [1.807, 2.05) is 0 Å². The molecule has 0 aromatic carbocycles. The second kappa shape index (κ2) is 6.06. The Hall–Kier alpha value is -0.200. The molecule has 0 radical (unpaired) electrons. The Bertz CT molecular complexity index is 341. The summed E-state index contributed by atoms with van der Waals surface area (Å²) in [6, 6.07) is 3.27. The van der Waals surface area contributed by atoms with Crippen LogP contribution in [0.5, 0.6) is 0 Å². The quantitative estimate of drug-likeness (QED) is 0.829. The lowest BCUT2D eigenvalue weighted by Crippen LogP contribution is -2.49. The van der Waals surface area contributed by atoms with Crippen LogP contribution in [0.2, 0.25) is 0 Å². The summed E-state index contributed by atoms with van der Waals surface area (Å²) >= 11 is 2.17. The van der Waals surface area contributed by atoms with Crippen molar-refractivity contribution < 1.29 is 0 Å². The van der Waals surface area contributed by atoms with Crippen molar-refractivity contribution in [2.75, 3.05) is 5.75 Å². The lowest BCUT2D eigenvalue weighted by Gasteiger charge is -2.36. The molecule has 3 saturated carbocycles. The minimum atomic E-state index is -0.188. The van der Waals surface area contributed by atoms with E-state index >= 15 is 0 Å². The van der Waals surface area contributed by atoms with Crippen LogP contribution in [-0.4, -0.2) is 22.6 Å². The van der Waals surface area contributed by atoms with Gasteiger partial charge in [-0.15, -0.1) is 0 Å². The largest absolute Gasteiger partial charge is 0.297 e. The van der Waals surface area contributed by atoms with Crippen molar-refractivity contribution in [1.29, 1.82) is 5.26 Å². The van der Waals surface area contributed by atoms with Crippen molar-refractivity contribution in [1.82, 2.24) is 5.32 Å². The van der Waals surface area contributed by atoms with E-state index in [0.29, 0.717) is 6.04 Å². The number of nitrogens with zero attached hydrogens (tertiary/aromatic N) is 1. The minimum Gasteiger partial charge on any atom is -0.297 e. The zero-order chi connectivity index (χ0) is 13.1. The molecule has 3 aliphatic rings. The highest BCUT2D eigenvalue weighted by atomic mass is 32.2. The monoisotopic (exact) mass is 278 g/mol. The summed E-state index contributed by atoms with van der Waals surface area (Å²) in [5.74, 6) is 2.31. The van der Waals surface area contributed by atoms with E-state index in [1.165, 1.54) is 57.1 Å². The maximum Gasteiger partial charge on any atom is 0.108 e. The van der Waals surface area contributed by atoms with Gasteiger partial charge in [-0.1, -0.05) is 12.8 Å². The van der Waals surface area contributed by atoms with Crippen LogP contribution in [0.25, 0.3) is 0 Å². The van der Waals surface area contributed by atoms with Crippen LogP contribution >= 0.6 is 11.8 Å². The van der Waals surface area contributed by atoms with Crippen molar-refractivity contribution in [3.05, 3.63) is 0 Å². The van der Waals surface area contributed by atoms with Crippen LogP contribution in [-0.2, 0) is 0 Å². The molecule has 0 aromatic heterocycles. The van der Waals surface area contributed by atoms with Crippen LogP contribution in [0.4, 0.5) is 0 Å². The SMILES string of the molecule is N#CC1(NC2CC2)CCCC(SCC2CCCC2)C1. The van der Waals surface area contributed by atoms with Gasteiger partial charge in [-0.25, -0.2) is 0 Å². The van der Waals surface area contributed by atoms with E-state index in [9.17, 15) is 5.26 Å². The predicted octanol–water partition coefficient (Wildman–Crippen LogP) is 3.87. The van der Waals surface area contributed by atoms with Gasteiger partial charge in [-0.2, -0.15) is 17.0 Å². The molecule has 19 heavy (non-hydrogen) atoms. The molecule has 2 nitrogen and oxygen atoms in total. The molecule has 0 saturated heterocycles. The number of nitriles is 1. The normalized spacial score (nSPS) is 36.3. The second-order valence-electron chi connectivity index (χ2n) is 6.81. The molecule has 0 aromatic rings. The minimum absolute atomic E-state index is 0.188. The summed E-state index contributed by atoms with van der Waals surface area (Å²) in [5, 5.41) is 14.0. The number of thioether (sulfide) groups is 1. The van der Waals surface area contributed by atoms with E-state index in [2.05, 4.69) is 23.1 Å². The topological polar surface area (TPSA) is 35.8 Å². The summed E-state index contributed by atoms with van der Waals surface area (Å²) in [6.07, 6.45) is 13.1. The molecule has 3 rings (SSSR count). The van der Waals surface area contributed by atoms with Gasteiger partial charge in [0.2, 0.25) is 0 Å². The van der Waals surface area contributed by atoms with Gasteiger partial charge in [0.1, 0.15) is 5.54 Å². The van der Waals surface area contributed by atoms with E-state index in [0.717, 1.165) is 24.0 Å². The average Bonchev–Trinajstić information content (AvgIpc) is 3.08. The van der Waals surface area contributed by atoms with Gasteiger partial charge in [0.15, 0.2) is 0 Å². The molecule has 0 bridgehead atoms. The van der Waals surface area contributed by atoms with Crippen molar-refractivity contribution in [3.8, 4) is 6.07 Å². The second-order valence-corrected chi connectivity index (χ2v) is 8.15. The molecule has 0 aliphatic heterocycles. The summed E-state index contributed by atoms with van der Waals surface area (Å²) < 4.78 is 0. The van der Waals surface area contributed by atoms with Crippen LogP contribution in [0.1, 0.15) is 64.2 Å². The van der Waals surface area contributed by atoms with Gasteiger partial charge in [0, 0.05) is 11.3 Å². The lowest BCUT2D eigenvalue weighted by atomic mass is 9.82. The smallest absolute Gasteiger partial charge is 0.108 e. The van der Waals surface area contributed by atoms with Gasteiger partial charge in [0.25, 0.3) is 0 Å². The zero-order valence-corrected chi connectivity index (χ0v) is 12.7. The van der Waals surface area contributed by atoms with Gasteiger partial charge in [-0.3, -0.25) is 5.32 Å². The molecule has 1 N–H and O–H groups in total. The molecule has 106 valence electrons. The van der Waals surface area contributed by atoms with E-state index in [-0.39, 0.29) is 5.54 Å². The Morgan fingerprint density at radius 2 is 1.89 bits per heavy atom. The number of hydrogen-bond donors (Lipinski definition) is 1. The summed E-state index contributed by atoms with van der Waals surface area (Å²) in [6.45, 7) is 0. The highest BCUT2D eigenvalue weighted by molar-refractivity contribution is 7.99. The molecule has 3 heteroatoms. The zero-order valence-electron chi connectivity index (χ0n) is 11.9. The molecule has 2 atom stereocenters. The molecule has 2 unspecified atom stereocenters. The molecule has 0 heterocycles. The van der Waals surface area contributed by atoms with E-state index < -0.39 is 0 Å². The molecular weight excluding hydrogens is 252 g/mol. The fourth-order valence-electron chi connectivity index (χ4n) is 3.70. The van der Waals surface area contributed by atoms with Crippen LogP contribution in [0.3, 0.4) is 0 Å². The summed E-state index contributed by atoms with van der Waals surface area (Å²) in [4.78, 5) is 0. The molecule has 3 fully saturated rings. The fraction of sp³-hybridized carbons (Fsp3) is 0.938. The molecular formula is C16H26N2S. The van der Waals surface area contributed by atoms with Crippen molar-refractivity contribution in [2.24, 2.45) is 5.92 Å². The van der Waals surface area contributed by atoms with E-state index in [1.54, 1.807) is 0 Å². The Morgan fingerprint density at radius 1 is 1.11 bits per heavy atom. The predicted molar refractivity (Wildman–Crippen MR) is 81.2 cm³/mol. The number of rotatable bonds is 5. The van der Waals surface area contributed by atoms with Crippen molar-refractivity contribution >= 4 is 11.8 Å². The highest BCUT2D eigenvalue weighted by Gasteiger charge is 2.40. The molecule has 0 amide bonds. The Kier molecular flexibility index (Phi) is 4.39. The number of hydrogen-bond acceptors (Lipinski definition) is 3. The van der Waals surface area contributed by atoms with Gasteiger partial charge < -0.3 is 0 Å². The van der Waals surface area contributed by atoms with Gasteiger partial charge in [-0.05, 0) is 63.0 Å². The van der Waals surface area contributed by atoms with Crippen molar-refractivity contribution in [2.45, 2.75) is 81.0 Å². The Labute approximate surface area is 121 Å². The first-order chi connectivity index (χ1) is 9.30. The van der Waals surface area contributed by atoms with E-state index in [4.69, 9.17) is 0 Å². The van der Waals surface area contributed by atoms with Crippen molar-refractivity contribution in [3.63, 3.8) is 0 Å². The maximum atomic E-state index is 9.59. The Balaban J connectivity index is 1.49. The first kappa shape index (κ1) is 13.8. The van der Waals surface area contributed by atoms with Gasteiger partial charge in [0.05, 0.1) is 6.07 Å². The third-order valence-electron chi connectivity index (χ3n) is 5.02. The third kappa shape index (κ3) is 3.67. The summed E-state index contributed by atoms with van der Waals surface area (Å²) in [7, 11) is 0. The fourth-order valence-corrected chi connectivity index (χ4v) is 5.31. The molecule has 0 spiro atoms. The first-order valence-corrected chi connectivity index (χ1v) is 9.15. The third-order valence-corrected chi connectivity index (χ3v) is 6.56. The number of nitrogens with one attached hydrogen (secondary N) is 1. The van der Waals surface area contributed by atoms with Crippen LogP contribution in [0.15, 0.2) is 0 Å². The highest BCUT2D eigenvalue weighted by Crippen LogP contribution is 2.39. The summed E-state index contributed by atoms with van der Waals surface area (Å²) in [5.41, 5.74) is -0.188. The average molecular weight is 278 g/mol. The Morgan fingerprint density at radius 3 is 2.58 bits per heavy atom. The van der Waals surface area contributed by atoms with Crippen LogP contribution in [0, 0.1) is 17.2 Å². The van der Waals surface area contributed by atoms with Gasteiger partial charge >= 0.3 is 0 Å². The standard InChI is InChI=1S/C16H26N2S/c17-12-16(18-14-7-8-14)9-3-6-15(10-16)19-11-13-4-1-2-5-13/h13-15,18H,1-11H2. The first-order valence-electron chi connectivity index (χ1n) is 8.10. The van der Waals surface area contributed by atoms with Crippen LogP contribution < -0.4 is 5.32 Å². The maximum absolute atomic E-state index is 9.59.